The van der Waals surface area contributed by atoms with Crippen molar-refractivity contribution >= 4 is 28.8 Å². The highest BCUT2D eigenvalue weighted by Crippen LogP contribution is 2.15. The molecule has 0 unspecified atom stereocenters. The van der Waals surface area contributed by atoms with Crippen LogP contribution in [0.1, 0.15) is 25.8 Å². The first-order chi connectivity index (χ1) is 9.40. The third-order valence-electron chi connectivity index (χ3n) is 2.86. The number of hydrogen-bond acceptors (Lipinski definition) is 3. The van der Waals surface area contributed by atoms with Crippen molar-refractivity contribution in [2.45, 2.75) is 20.3 Å². The van der Waals surface area contributed by atoms with Crippen LogP contribution in [0.2, 0.25) is 0 Å². The van der Waals surface area contributed by atoms with E-state index >= 15 is 0 Å². The van der Waals surface area contributed by atoms with Crippen LogP contribution < -0.4 is 11.1 Å². The summed E-state index contributed by atoms with van der Waals surface area (Å²) in [5.41, 5.74) is 7.02. The molecule has 0 bridgehead atoms. The maximum absolute atomic E-state index is 12.0. The number of hydrogen-bond donors (Lipinski definition) is 2. The van der Waals surface area contributed by atoms with Gasteiger partial charge in [-0.15, -0.1) is 0 Å². The van der Waals surface area contributed by atoms with E-state index in [2.05, 4.69) is 24.1 Å². The number of nitrogens with two attached hydrogens (primary N) is 1. The van der Waals surface area contributed by atoms with E-state index in [9.17, 15) is 4.79 Å². The Morgan fingerprint density at radius 3 is 2.65 bits per heavy atom. The fourth-order valence-electron chi connectivity index (χ4n) is 2.03. The van der Waals surface area contributed by atoms with Crippen LogP contribution in [0.25, 0.3) is 0 Å². The monoisotopic (exact) mass is 293 g/mol. The number of anilines is 1. The molecule has 1 aromatic carbocycles. The number of nitrogens with zero attached hydrogens (tertiary/aromatic N) is 1. The van der Waals surface area contributed by atoms with Crippen LogP contribution in [0.15, 0.2) is 24.3 Å². The molecule has 110 valence electrons. The van der Waals surface area contributed by atoms with Crippen LogP contribution in [-0.2, 0) is 4.79 Å². The van der Waals surface area contributed by atoms with Crippen LogP contribution in [-0.4, -0.2) is 35.9 Å². The lowest BCUT2D eigenvalue weighted by Crippen LogP contribution is -2.27. The number of thiocarbonyl (C=S) groups is 1. The second kappa shape index (κ2) is 7.97. The van der Waals surface area contributed by atoms with E-state index in [1.54, 1.807) is 0 Å². The Bertz CT molecular complexity index is 474. The van der Waals surface area contributed by atoms with Crippen LogP contribution in [0.3, 0.4) is 0 Å². The van der Waals surface area contributed by atoms with Gasteiger partial charge in [0.2, 0.25) is 5.91 Å². The first kappa shape index (κ1) is 16.6. The minimum Gasteiger partial charge on any atom is -0.389 e. The maximum atomic E-state index is 12.0. The fourth-order valence-corrected chi connectivity index (χ4v) is 2.20. The molecule has 0 aromatic heterocycles. The molecule has 0 aliphatic carbocycles. The molecule has 1 aromatic rings. The Kier molecular flexibility index (Phi) is 6.61. The van der Waals surface area contributed by atoms with E-state index in [1.807, 2.05) is 31.3 Å². The smallest absolute Gasteiger partial charge is 0.225 e. The summed E-state index contributed by atoms with van der Waals surface area (Å²) in [5.74, 6) is 0.572. The van der Waals surface area contributed by atoms with E-state index in [0.29, 0.717) is 23.6 Å². The van der Waals surface area contributed by atoms with Crippen molar-refractivity contribution in [3.8, 4) is 0 Å². The summed E-state index contributed by atoms with van der Waals surface area (Å²) in [6.07, 6.45) is 0.453. The molecule has 0 saturated carbocycles. The average Bonchev–Trinajstić information content (AvgIpc) is 2.36. The van der Waals surface area contributed by atoms with Crippen molar-refractivity contribution in [1.82, 2.24) is 4.90 Å². The number of rotatable bonds is 7. The van der Waals surface area contributed by atoms with Crippen molar-refractivity contribution in [2.24, 2.45) is 11.7 Å². The van der Waals surface area contributed by atoms with Crippen molar-refractivity contribution in [1.29, 1.82) is 0 Å². The molecule has 3 N–H and O–H groups in total. The zero-order valence-corrected chi connectivity index (χ0v) is 13.2. The van der Waals surface area contributed by atoms with Crippen molar-refractivity contribution in [3.63, 3.8) is 0 Å². The Morgan fingerprint density at radius 2 is 2.05 bits per heavy atom. The lowest BCUT2D eigenvalue weighted by molar-refractivity contribution is -0.116. The third kappa shape index (κ3) is 5.67. The second-order valence-electron chi connectivity index (χ2n) is 5.36. The van der Waals surface area contributed by atoms with Crippen LogP contribution in [0.4, 0.5) is 5.69 Å². The van der Waals surface area contributed by atoms with Gasteiger partial charge in [0.1, 0.15) is 4.99 Å². The van der Waals surface area contributed by atoms with Gasteiger partial charge >= 0.3 is 0 Å². The molecule has 0 atom stereocenters. The van der Waals surface area contributed by atoms with Gasteiger partial charge in [0.25, 0.3) is 0 Å². The van der Waals surface area contributed by atoms with E-state index in [-0.39, 0.29) is 10.9 Å². The topological polar surface area (TPSA) is 58.4 Å². The number of para-hydroxylation sites is 1. The van der Waals surface area contributed by atoms with Gasteiger partial charge in [0.05, 0.1) is 5.69 Å². The standard InChI is InChI=1S/C15H23N3OS/c1-11(2)10-18(3)9-8-14(19)17-13-7-5-4-6-12(13)15(16)20/h4-7,11H,8-10H2,1-3H3,(H2,16,20)(H,17,19). The van der Waals surface area contributed by atoms with E-state index in [1.165, 1.54) is 0 Å². The minimum absolute atomic E-state index is 0.0238. The van der Waals surface area contributed by atoms with Gasteiger partial charge in [-0.05, 0) is 25.1 Å². The molecule has 0 fully saturated rings. The molecule has 20 heavy (non-hydrogen) atoms. The highest BCUT2D eigenvalue weighted by atomic mass is 32.1. The number of benzene rings is 1. The SMILES string of the molecule is CC(C)CN(C)CCC(=O)Nc1ccccc1C(N)=S. The molecule has 0 saturated heterocycles. The first-order valence-electron chi connectivity index (χ1n) is 6.77. The normalized spacial score (nSPS) is 10.8. The Morgan fingerprint density at radius 1 is 1.40 bits per heavy atom. The minimum atomic E-state index is -0.0238. The van der Waals surface area contributed by atoms with Crippen LogP contribution in [0.5, 0.6) is 0 Å². The summed E-state index contributed by atoms with van der Waals surface area (Å²) in [6, 6.07) is 7.32. The molecule has 4 nitrogen and oxygen atoms in total. The molecule has 0 heterocycles. The van der Waals surface area contributed by atoms with Gasteiger partial charge in [-0.3, -0.25) is 4.79 Å². The van der Waals surface area contributed by atoms with Gasteiger partial charge in [-0.1, -0.05) is 38.2 Å². The number of carbonyl (C=O) groups is 1. The number of carbonyl (C=O) groups excluding carboxylic acids is 1. The highest BCUT2D eigenvalue weighted by Gasteiger charge is 2.09. The molecule has 5 heteroatoms. The van der Waals surface area contributed by atoms with Crippen LogP contribution in [0, 0.1) is 5.92 Å². The second-order valence-corrected chi connectivity index (χ2v) is 5.80. The third-order valence-corrected chi connectivity index (χ3v) is 3.08. The summed E-state index contributed by atoms with van der Waals surface area (Å²) in [6.45, 7) is 6.04. The fraction of sp³-hybridized carbons (Fsp3) is 0.467. The molecule has 1 rings (SSSR count). The molecule has 0 aliphatic rings. The summed E-state index contributed by atoms with van der Waals surface area (Å²) in [4.78, 5) is 14.4. The molecule has 1 amide bonds. The highest BCUT2D eigenvalue weighted by molar-refractivity contribution is 7.80. The van der Waals surface area contributed by atoms with E-state index < -0.39 is 0 Å². The molecule has 0 radical (unpaired) electrons. The predicted molar refractivity (Wildman–Crippen MR) is 87.9 cm³/mol. The van der Waals surface area contributed by atoms with E-state index in [0.717, 1.165) is 13.1 Å². The first-order valence-corrected chi connectivity index (χ1v) is 7.18. The zero-order chi connectivity index (χ0) is 15.1. The van der Waals surface area contributed by atoms with Gasteiger partial charge in [0.15, 0.2) is 0 Å². The zero-order valence-electron chi connectivity index (χ0n) is 12.3. The average molecular weight is 293 g/mol. The van der Waals surface area contributed by atoms with Gasteiger partial charge < -0.3 is 16.0 Å². The van der Waals surface area contributed by atoms with Gasteiger partial charge in [-0.25, -0.2) is 0 Å². The van der Waals surface area contributed by atoms with E-state index in [4.69, 9.17) is 18.0 Å². The molecule has 0 spiro atoms. The lowest BCUT2D eigenvalue weighted by Gasteiger charge is -2.18. The van der Waals surface area contributed by atoms with Gasteiger partial charge in [-0.2, -0.15) is 0 Å². The maximum Gasteiger partial charge on any atom is 0.225 e. The predicted octanol–water partition coefficient (Wildman–Crippen LogP) is 2.24. The summed E-state index contributed by atoms with van der Waals surface area (Å²) in [5, 5.41) is 2.87. The summed E-state index contributed by atoms with van der Waals surface area (Å²) < 4.78 is 0. The molecular weight excluding hydrogens is 270 g/mol. The van der Waals surface area contributed by atoms with Crippen molar-refractivity contribution in [2.75, 3.05) is 25.5 Å². The van der Waals surface area contributed by atoms with Gasteiger partial charge in [0, 0.05) is 25.1 Å². The van der Waals surface area contributed by atoms with Crippen molar-refractivity contribution in [3.05, 3.63) is 29.8 Å². The number of nitrogens with one attached hydrogen (secondary N) is 1. The Labute approximate surface area is 126 Å². The summed E-state index contributed by atoms with van der Waals surface area (Å²) >= 11 is 4.97. The van der Waals surface area contributed by atoms with Crippen LogP contribution >= 0.6 is 12.2 Å². The quantitative estimate of drug-likeness (QED) is 0.757. The molecule has 0 aliphatic heterocycles. The lowest BCUT2D eigenvalue weighted by atomic mass is 10.1. The molecular formula is C15H23N3OS. The summed E-state index contributed by atoms with van der Waals surface area (Å²) in [7, 11) is 2.02. The largest absolute Gasteiger partial charge is 0.389 e. The Balaban J connectivity index is 2.53. The Hall–Kier alpha value is -1.46. The van der Waals surface area contributed by atoms with Crippen molar-refractivity contribution < 1.29 is 4.79 Å². The number of amides is 1.